The second-order valence-electron chi connectivity index (χ2n) is 5.54. The van der Waals surface area contributed by atoms with Gasteiger partial charge in [0.1, 0.15) is 0 Å². The topological polar surface area (TPSA) is 60.9 Å². The fourth-order valence-corrected chi connectivity index (χ4v) is 2.21. The minimum atomic E-state index is -1.02. The summed E-state index contributed by atoms with van der Waals surface area (Å²) in [5, 5.41) is 8.90. The highest BCUT2D eigenvalue weighted by Gasteiger charge is 2.24. The standard InChI is InChI=1S/C14H24N2O3/c1-10(2)9-15-5-7-16(8-6-15)13(17)11(3)12(4)14(18)19/h10H,5-9H2,1-4H3,(H,18,19). The van der Waals surface area contributed by atoms with Crippen LogP contribution in [0.15, 0.2) is 11.1 Å². The average Bonchev–Trinajstić information content (AvgIpc) is 2.36. The van der Waals surface area contributed by atoms with Crippen molar-refractivity contribution in [3.8, 4) is 0 Å². The van der Waals surface area contributed by atoms with Crippen LogP contribution in [0.5, 0.6) is 0 Å². The van der Waals surface area contributed by atoms with Crippen molar-refractivity contribution in [1.82, 2.24) is 9.80 Å². The normalized spacial score (nSPS) is 18.5. The molecule has 1 rings (SSSR count). The number of carboxylic acid groups (broad SMARTS) is 1. The summed E-state index contributed by atoms with van der Waals surface area (Å²) in [6.45, 7) is 11.6. The van der Waals surface area contributed by atoms with Crippen LogP contribution in [-0.2, 0) is 9.59 Å². The minimum Gasteiger partial charge on any atom is -0.478 e. The summed E-state index contributed by atoms with van der Waals surface area (Å²) in [5.74, 6) is -0.550. The number of rotatable bonds is 4. The van der Waals surface area contributed by atoms with Crippen molar-refractivity contribution >= 4 is 11.9 Å². The quantitative estimate of drug-likeness (QED) is 0.779. The molecule has 0 unspecified atom stereocenters. The third-order valence-corrected chi connectivity index (χ3v) is 3.49. The molecule has 1 fully saturated rings. The monoisotopic (exact) mass is 268 g/mol. The summed E-state index contributed by atoms with van der Waals surface area (Å²) < 4.78 is 0. The summed E-state index contributed by atoms with van der Waals surface area (Å²) in [6.07, 6.45) is 0. The molecule has 0 aliphatic carbocycles. The van der Waals surface area contributed by atoms with Crippen molar-refractivity contribution < 1.29 is 14.7 Å². The lowest BCUT2D eigenvalue weighted by Gasteiger charge is -2.35. The van der Waals surface area contributed by atoms with E-state index in [9.17, 15) is 9.59 Å². The van der Waals surface area contributed by atoms with Gasteiger partial charge in [-0.25, -0.2) is 4.79 Å². The maximum atomic E-state index is 12.2. The zero-order valence-corrected chi connectivity index (χ0v) is 12.3. The molecule has 5 nitrogen and oxygen atoms in total. The van der Waals surface area contributed by atoms with Gasteiger partial charge in [-0.3, -0.25) is 9.69 Å². The van der Waals surface area contributed by atoms with Crippen LogP contribution >= 0.6 is 0 Å². The number of nitrogens with zero attached hydrogens (tertiary/aromatic N) is 2. The highest BCUT2D eigenvalue weighted by atomic mass is 16.4. The van der Waals surface area contributed by atoms with Gasteiger partial charge in [-0.1, -0.05) is 13.8 Å². The van der Waals surface area contributed by atoms with Crippen molar-refractivity contribution in [2.75, 3.05) is 32.7 Å². The van der Waals surface area contributed by atoms with E-state index in [1.54, 1.807) is 11.8 Å². The summed E-state index contributed by atoms with van der Waals surface area (Å²) in [5.41, 5.74) is 0.472. The fraction of sp³-hybridized carbons (Fsp3) is 0.714. The van der Waals surface area contributed by atoms with Gasteiger partial charge in [-0.2, -0.15) is 0 Å². The fourth-order valence-electron chi connectivity index (χ4n) is 2.21. The van der Waals surface area contributed by atoms with Crippen LogP contribution < -0.4 is 0 Å². The molecule has 0 bridgehead atoms. The molecule has 0 saturated carbocycles. The lowest BCUT2D eigenvalue weighted by Crippen LogP contribution is -2.49. The molecule has 0 radical (unpaired) electrons. The Bertz CT molecular complexity index is 380. The molecule has 1 amide bonds. The predicted molar refractivity (Wildman–Crippen MR) is 73.9 cm³/mol. The van der Waals surface area contributed by atoms with E-state index in [2.05, 4.69) is 18.7 Å². The first kappa shape index (κ1) is 15.7. The highest BCUT2D eigenvalue weighted by Crippen LogP contribution is 2.11. The number of hydrogen-bond acceptors (Lipinski definition) is 3. The Morgan fingerprint density at radius 3 is 2.00 bits per heavy atom. The molecule has 0 aromatic carbocycles. The molecule has 1 aliphatic rings. The largest absolute Gasteiger partial charge is 0.478 e. The highest BCUT2D eigenvalue weighted by molar-refractivity contribution is 6.01. The summed E-state index contributed by atoms with van der Waals surface area (Å²) in [7, 11) is 0. The van der Waals surface area contributed by atoms with Crippen LogP contribution in [0.3, 0.4) is 0 Å². The van der Waals surface area contributed by atoms with Crippen LogP contribution in [0.2, 0.25) is 0 Å². The van der Waals surface area contributed by atoms with E-state index >= 15 is 0 Å². The number of carbonyl (C=O) groups is 2. The average molecular weight is 268 g/mol. The molecule has 5 heteroatoms. The van der Waals surface area contributed by atoms with E-state index < -0.39 is 5.97 Å². The van der Waals surface area contributed by atoms with Crippen LogP contribution in [0.25, 0.3) is 0 Å². The molecule has 19 heavy (non-hydrogen) atoms. The van der Waals surface area contributed by atoms with Gasteiger partial charge in [0.05, 0.1) is 0 Å². The Balaban J connectivity index is 2.58. The predicted octanol–water partition coefficient (Wildman–Crippen LogP) is 1.21. The van der Waals surface area contributed by atoms with Crippen molar-refractivity contribution in [2.24, 2.45) is 5.92 Å². The van der Waals surface area contributed by atoms with E-state index in [4.69, 9.17) is 5.11 Å². The maximum absolute atomic E-state index is 12.2. The molecular weight excluding hydrogens is 244 g/mol. The van der Waals surface area contributed by atoms with Gasteiger partial charge in [-0.15, -0.1) is 0 Å². The zero-order chi connectivity index (χ0) is 14.6. The van der Waals surface area contributed by atoms with Crippen molar-refractivity contribution in [3.05, 3.63) is 11.1 Å². The smallest absolute Gasteiger partial charge is 0.331 e. The van der Waals surface area contributed by atoms with Gasteiger partial charge in [0.25, 0.3) is 0 Å². The first-order chi connectivity index (χ1) is 8.82. The Hall–Kier alpha value is -1.36. The molecule has 1 N–H and O–H groups in total. The third-order valence-electron chi connectivity index (χ3n) is 3.49. The van der Waals surface area contributed by atoms with Crippen molar-refractivity contribution in [3.63, 3.8) is 0 Å². The van der Waals surface area contributed by atoms with E-state index in [0.29, 0.717) is 24.6 Å². The Labute approximate surface area is 114 Å². The molecule has 1 heterocycles. The lowest BCUT2D eigenvalue weighted by molar-refractivity contribution is -0.134. The molecule has 108 valence electrons. The Morgan fingerprint density at radius 1 is 1.05 bits per heavy atom. The summed E-state index contributed by atoms with van der Waals surface area (Å²) in [4.78, 5) is 27.1. The number of carboxylic acids is 1. The molecule has 1 aliphatic heterocycles. The van der Waals surface area contributed by atoms with Crippen LogP contribution in [-0.4, -0.2) is 59.5 Å². The molecule has 0 aromatic heterocycles. The number of aliphatic carboxylic acids is 1. The van der Waals surface area contributed by atoms with Crippen LogP contribution in [0.4, 0.5) is 0 Å². The van der Waals surface area contributed by atoms with E-state index in [1.807, 2.05) is 0 Å². The third kappa shape index (κ3) is 4.35. The summed E-state index contributed by atoms with van der Waals surface area (Å²) in [6, 6.07) is 0. The van der Waals surface area contributed by atoms with Crippen molar-refractivity contribution in [2.45, 2.75) is 27.7 Å². The van der Waals surface area contributed by atoms with Gasteiger partial charge < -0.3 is 10.0 Å². The number of amides is 1. The molecule has 0 spiro atoms. The first-order valence-electron chi connectivity index (χ1n) is 6.75. The molecule has 0 atom stereocenters. The second kappa shape index (κ2) is 6.70. The molecule has 0 aromatic rings. The maximum Gasteiger partial charge on any atom is 0.331 e. The van der Waals surface area contributed by atoms with Gasteiger partial charge in [0, 0.05) is 43.9 Å². The second-order valence-corrected chi connectivity index (χ2v) is 5.54. The van der Waals surface area contributed by atoms with Gasteiger partial charge in [0.15, 0.2) is 0 Å². The number of carbonyl (C=O) groups excluding carboxylic acids is 1. The van der Waals surface area contributed by atoms with E-state index in [0.717, 1.165) is 19.6 Å². The van der Waals surface area contributed by atoms with Gasteiger partial charge in [-0.05, 0) is 19.8 Å². The van der Waals surface area contributed by atoms with Crippen LogP contribution in [0, 0.1) is 5.92 Å². The SMILES string of the molecule is CC(C(=O)O)=C(C)C(=O)N1CCN(CC(C)C)CC1. The number of piperazine rings is 1. The minimum absolute atomic E-state index is 0.134. The van der Waals surface area contributed by atoms with Gasteiger partial charge in [0.2, 0.25) is 5.91 Å². The van der Waals surface area contributed by atoms with E-state index in [-0.39, 0.29) is 11.5 Å². The first-order valence-corrected chi connectivity index (χ1v) is 6.75. The lowest BCUT2D eigenvalue weighted by atomic mass is 10.1. The summed E-state index contributed by atoms with van der Waals surface area (Å²) >= 11 is 0. The van der Waals surface area contributed by atoms with E-state index in [1.165, 1.54) is 6.92 Å². The van der Waals surface area contributed by atoms with Gasteiger partial charge >= 0.3 is 5.97 Å². The Kier molecular flexibility index (Phi) is 5.54. The molecule has 1 saturated heterocycles. The zero-order valence-electron chi connectivity index (χ0n) is 12.3. The number of hydrogen-bond donors (Lipinski definition) is 1. The van der Waals surface area contributed by atoms with Crippen LogP contribution in [0.1, 0.15) is 27.7 Å². The molecular formula is C14H24N2O3. The Morgan fingerprint density at radius 2 is 1.58 bits per heavy atom. The van der Waals surface area contributed by atoms with Crippen molar-refractivity contribution in [1.29, 1.82) is 0 Å².